The molecule has 4 heterocycles. The molecule has 1 aromatic carbocycles. The summed E-state index contributed by atoms with van der Waals surface area (Å²) in [4.78, 5) is 14.9. The number of hydrogen-bond acceptors (Lipinski definition) is 8. The molecule has 0 bridgehead atoms. The van der Waals surface area contributed by atoms with Crippen molar-refractivity contribution in [3.8, 4) is 21.3 Å². The fraction of sp³-hybridized carbons (Fsp3) is 0.585. The van der Waals surface area contributed by atoms with Crippen LogP contribution >= 0.6 is 45.3 Å². The van der Waals surface area contributed by atoms with Crippen LogP contribution in [0.5, 0.6) is 11.5 Å². The molecule has 0 N–H and O–H groups in total. The van der Waals surface area contributed by atoms with E-state index in [1.807, 2.05) is 11.4 Å². The van der Waals surface area contributed by atoms with Gasteiger partial charge in [-0.25, -0.2) is 13.6 Å². The summed E-state index contributed by atoms with van der Waals surface area (Å²) >= 11 is 5.36. The Hall–Kier alpha value is -2.27. The lowest BCUT2D eigenvalue weighted by molar-refractivity contribution is 0.0434. The summed E-state index contributed by atoms with van der Waals surface area (Å²) < 4.78 is 53.8. The van der Waals surface area contributed by atoms with Gasteiger partial charge in [0.1, 0.15) is 22.2 Å². The van der Waals surface area contributed by atoms with Gasteiger partial charge in [0.2, 0.25) is 0 Å². The van der Waals surface area contributed by atoms with Crippen LogP contribution in [0.15, 0.2) is 16.8 Å². The van der Waals surface area contributed by atoms with Crippen molar-refractivity contribution in [2.24, 2.45) is 17.8 Å². The zero-order valence-electron chi connectivity index (χ0n) is 31.1. The Labute approximate surface area is 318 Å². The van der Waals surface area contributed by atoms with Gasteiger partial charge in [-0.15, -0.1) is 45.3 Å². The number of hydrogen-bond donors (Lipinski definition) is 0. The molecule has 0 aliphatic carbocycles. The summed E-state index contributed by atoms with van der Waals surface area (Å²) in [7, 11) is 0. The molecule has 3 atom stereocenters. The maximum Gasteiger partial charge on any atom is 0.348 e. The van der Waals surface area contributed by atoms with E-state index in [0.717, 1.165) is 92.0 Å². The van der Waals surface area contributed by atoms with Gasteiger partial charge in [-0.2, -0.15) is 0 Å². The van der Waals surface area contributed by atoms with Crippen molar-refractivity contribution in [1.82, 2.24) is 0 Å². The van der Waals surface area contributed by atoms with Gasteiger partial charge < -0.3 is 14.2 Å². The molecule has 5 aromatic rings. The van der Waals surface area contributed by atoms with E-state index in [-0.39, 0.29) is 17.6 Å². The Morgan fingerprint density at radius 3 is 1.80 bits per heavy atom. The van der Waals surface area contributed by atoms with Gasteiger partial charge in [-0.1, -0.05) is 99.3 Å². The molecule has 0 aliphatic heterocycles. The first-order chi connectivity index (χ1) is 24.8. The Bertz CT molecular complexity index is 1850. The number of fused-ring (bicyclic) bond motifs is 3. The van der Waals surface area contributed by atoms with E-state index >= 15 is 8.78 Å². The number of unbranched alkanes of at least 4 members (excludes halogenated alkanes) is 3. The lowest BCUT2D eigenvalue weighted by Crippen LogP contribution is -2.13. The van der Waals surface area contributed by atoms with Gasteiger partial charge in [-0.05, 0) is 43.1 Å². The van der Waals surface area contributed by atoms with Crippen molar-refractivity contribution < 1.29 is 27.8 Å². The van der Waals surface area contributed by atoms with E-state index in [2.05, 4.69) is 41.5 Å². The van der Waals surface area contributed by atoms with Crippen molar-refractivity contribution in [3.63, 3.8) is 0 Å². The predicted molar refractivity (Wildman–Crippen MR) is 217 cm³/mol. The minimum atomic E-state index is -0.381. The molecule has 4 aromatic heterocycles. The van der Waals surface area contributed by atoms with E-state index in [1.165, 1.54) is 50.7 Å². The molecular weight excluding hydrogens is 723 g/mol. The fourth-order valence-electron chi connectivity index (χ4n) is 6.60. The highest BCUT2D eigenvalue weighted by atomic mass is 32.1. The molecule has 0 aliphatic rings. The molecule has 3 unspecified atom stereocenters. The average molecular weight is 777 g/mol. The lowest BCUT2D eigenvalue weighted by atomic mass is 10.0. The molecule has 0 saturated heterocycles. The molecule has 51 heavy (non-hydrogen) atoms. The zero-order chi connectivity index (χ0) is 36.5. The highest BCUT2D eigenvalue weighted by Gasteiger charge is 2.30. The van der Waals surface area contributed by atoms with Crippen molar-refractivity contribution >= 4 is 81.6 Å². The number of halogens is 2. The number of benzene rings is 1. The number of ether oxygens (including phenoxy) is 3. The molecule has 280 valence electrons. The third-order valence-corrected chi connectivity index (χ3v) is 14.7. The van der Waals surface area contributed by atoms with Gasteiger partial charge in [-0.3, -0.25) is 0 Å². The van der Waals surface area contributed by atoms with Crippen molar-refractivity contribution in [2.45, 2.75) is 119 Å². The molecule has 4 nitrogen and oxygen atoms in total. The van der Waals surface area contributed by atoms with Crippen LogP contribution < -0.4 is 9.47 Å². The van der Waals surface area contributed by atoms with E-state index < -0.39 is 0 Å². The molecule has 0 fully saturated rings. The summed E-state index contributed by atoms with van der Waals surface area (Å²) in [6.07, 6.45) is 12.6. The highest BCUT2D eigenvalue weighted by molar-refractivity contribution is 7.30. The van der Waals surface area contributed by atoms with Gasteiger partial charge in [0, 0.05) is 16.1 Å². The molecule has 5 rings (SSSR count). The summed E-state index contributed by atoms with van der Waals surface area (Å²) in [5.74, 6) is 0.728. The molecule has 0 radical (unpaired) electrons. The van der Waals surface area contributed by atoms with E-state index in [0.29, 0.717) is 79.0 Å². The van der Waals surface area contributed by atoms with Crippen molar-refractivity contribution in [2.75, 3.05) is 19.8 Å². The van der Waals surface area contributed by atoms with Crippen LogP contribution in [0.4, 0.5) is 8.78 Å². The molecule has 0 amide bonds. The van der Waals surface area contributed by atoms with Crippen molar-refractivity contribution in [1.29, 1.82) is 0 Å². The van der Waals surface area contributed by atoms with Crippen LogP contribution in [0.1, 0.15) is 128 Å². The van der Waals surface area contributed by atoms with E-state index in [4.69, 9.17) is 14.2 Å². The van der Waals surface area contributed by atoms with Crippen LogP contribution in [0.2, 0.25) is 0 Å². The van der Waals surface area contributed by atoms with Crippen LogP contribution in [-0.4, -0.2) is 25.8 Å². The second-order valence-corrected chi connectivity index (χ2v) is 17.7. The quantitative estimate of drug-likeness (QED) is 0.0657. The number of carbonyl (C=O) groups excluding carboxylic acids is 1. The van der Waals surface area contributed by atoms with Gasteiger partial charge in [0.05, 0.1) is 54.4 Å². The molecule has 10 heteroatoms. The number of thiophene rings is 4. The largest absolute Gasteiger partial charge is 0.491 e. The Morgan fingerprint density at radius 1 is 0.667 bits per heavy atom. The summed E-state index contributed by atoms with van der Waals surface area (Å²) in [5, 5.41) is 5.09. The smallest absolute Gasteiger partial charge is 0.348 e. The predicted octanol–water partition coefficient (Wildman–Crippen LogP) is 14.9. The monoisotopic (exact) mass is 776 g/mol. The summed E-state index contributed by atoms with van der Waals surface area (Å²) in [6.45, 7) is 14.3. The Morgan fingerprint density at radius 2 is 1.24 bits per heavy atom. The molecular formula is C41H54F2O4S4. The van der Waals surface area contributed by atoms with Crippen LogP contribution in [0.25, 0.3) is 40.0 Å². The minimum Gasteiger partial charge on any atom is -0.491 e. The molecule has 0 spiro atoms. The highest BCUT2D eigenvalue weighted by Crippen LogP contribution is 2.55. The number of rotatable bonds is 22. The fourth-order valence-corrected chi connectivity index (χ4v) is 11.2. The van der Waals surface area contributed by atoms with Crippen LogP contribution in [0.3, 0.4) is 0 Å². The SMILES string of the molecule is CCCCC(CC)COC(=O)c1cc2csc(-c3sc4c(OCC(CC)CCCC)c5c(F)csc5c(OCC(CC)CCCC)c4c3F)c2s1. The average Bonchev–Trinajstić information content (AvgIpc) is 3.92. The lowest BCUT2D eigenvalue weighted by Gasteiger charge is -2.19. The van der Waals surface area contributed by atoms with Gasteiger partial charge >= 0.3 is 5.97 Å². The minimum absolute atomic E-state index is 0.321. The number of carbonyl (C=O) groups is 1. The maximum absolute atomic E-state index is 17.2. The Kier molecular flexibility index (Phi) is 15.0. The van der Waals surface area contributed by atoms with Gasteiger partial charge in [0.15, 0.2) is 5.82 Å². The molecule has 0 saturated carbocycles. The van der Waals surface area contributed by atoms with Crippen LogP contribution in [0, 0.1) is 29.4 Å². The topological polar surface area (TPSA) is 44.8 Å². The first kappa shape index (κ1) is 39.9. The summed E-state index contributed by atoms with van der Waals surface area (Å²) in [6, 6.07) is 1.86. The third kappa shape index (κ3) is 9.10. The number of esters is 1. The van der Waals surface area contributed by atoms with E-state index in [1.54, 1.807) is 0 Å². The third-order valence-electron chi connectivity index (χ3n) is 10.1. The second-order valence-electron chi connectivity index (χ2n) is 13.8. The normalized spacial score (nSPS) is 13.7. The van der Waals surface area contributed by atoms with E-state index in [9.17, 15) is 4.79 Å². The second kappa shape index (κ2) is 19.2. The van der Waals surface area contributed by atoms with Crippen LogP contribution in [-0.2, 0) is 4.74 Å². The standard InChI is InChI=1S/C41H54F2O4S4/c1-7-13-16-25(10-4)20-45-34-31-29(42)24-49-37(31)35(46-21-26(11-5)17-14-8-2)32-33(43)39(51-38(32)34)40-36-28(23-48-40)19-30(50-36)41(44)47-22-27(12-6)18-15-9-3/h19,23-27H,7-18,20-22H2,1-6H3. The van der Waals surface area contributed by atoms with Gasteiger partial charge in [0.25, 0.3) is 0 Å². The zero-order valence-corrected chi connectivity index (χ0v) is 34.4. The Balaban J connectivity index is 1.58. The first-order valence-corrected chi connectivity index (χ1v) is 22.5. The first-order valence-electron chi connectivity index (χ1n) is 19.1. The van der Waals surface area contributed by atoms with Crippen molar-refractivity contribution in [3.05, 3.63) is 33.3 Å². The summed E-state index contributed by atoms with van der Waals surface area (Å²) in [5.41, 5.74) is 0. The maximum atomic E-state index is 17.2.